The Hall–Kier alpha value is -1.94. The monoisotopic (exact) mass is 229 g/mol. The highest BCUT2D eigenvalue weighted by Gasteiger charge is 2.00. The Morgan fingerprint density at radius 3 is 2.59 bits per heavy atom. The summed E-state index contributed by atoms with van der Waals surface area (Å²) in [6.45, 7) is 2.48. The zero-order valence-corrected chi connectivity index (χ0v) is 9.76. The van der Waals surface area contributed by atoms with Crippen LogP contribution in [-0.2, 0) is 13.0 Å². The van der Waals surface area contributed by atoms with Crippen molar-refractivity contribution in [1.82, 2.24) is 9.97 Å². The zero-order valence-electron chi connectivity index (χ0n) is 9.76. The lowest BCUT2D eigenvalue weighted by Crippen LogP contribution is -2.01. The van der Waals surface area contributed by atoms with Gasteiger partial charge in [-0.2, -0.15) is 0 Å². The van der Waals surface area contributed by atoms with Gasteiger partial charge in [-0.25, -0.2) is 4.98 Å². The van der Waals surface area contributed by atoms with Gasteiger partial charge in [0.1, 0.15) is 5.75 Å². The predicted octanol–water partition coefficient (Wildman–Crippen LogP) is 2.29. The van der Waals surface area contributed by atoms with E-state index in [0.29, 0.717) is 18.1 Å². The molecule has 4 heteroatoms. The average molecular weight is 229 g/mol. The molecule has 0 spiro atoms. The van der Waals surface area contributed by atoms with Crippen LogP contribution in [0.25, 0.3) is 0 Å². The molecule has 0 radical (unpaired) electrons. The van der Waals surface area contributed by atoms with Crippen LogP contribution < -0.4 is 10.5 Å². The van der Waals surface area contributed by atoms with Gasteiger partial charge in [0.05, 0.1) is 11.9 Å². The number of ether oxygens (including phenoxy) is 1. The van der Waals surface area contributed by atoms with Crippen molar-refractivity contribution in [3.8, 4) is 11.6 Å². The van der Waals surface area contributed by atoms with Gasteiger partial charge in [0.25, 0.3) is 0 Å². The summed E-state index contributed by atoms with van der Waals surface area (Å²) in [5.41, 5.74) is 7.48. The fourth-order valence-corrected chi connectivity index (χ4v) is 1.45. The third-order valence-corrected chi connectivity index (χ3v) is 2.43. The molecule has 88 valence electrons. The van der Waals surface area contributed by atoms with Crippen molar-refractivity contribution < 1.29 is 4.74 Å². The Kier molecular flexibility index (Phi) is 3.67. The highest BCUT2D eigenvalue weighted by molar-refractivity contribution is 5.30. The number of benzene rings is 1. The lowest BCUT2D eigenvalue weighted by atomic mass is 10.2. The number of hydrogen-bond acceptors (Lipinski definition) is 4. The van der Waals surface area contributed by atoms with Crippen molar-refractivity contribution in [2.45, 2.75) is 19.9 Å². The first kappa shape index (κ1) is 11.5. The second kappa shape index (κ2) is 5.41. The van der Waals surface area contributed by atoms with Gasteiger partial charge in [0.2, 0.25) is 5.88 Å². The van der Waals surface area contributed by atoms with Crippen molar-refractivity contribution in [1.29, 1.82) is 0 Å². The van der Waals surface area contributed by atoms with Crippen LogP contribution in [0.1, 0.15) is 18.2 Å². The fraction of sp³-hybridized carbons (Fsp3) is 0.231. The molecule has 2 aromatic rings. The van der Waals surface area contributed by atoms with E-state index in [4.69, 9.17) is 10.5 Å². The van der Waals surface area contributed by atoms with Gasteiger partial charge < -0.3 is 10.5 Å². The molecule has 0 saturated heterocycles. The van der Waals surface area contributed by atoms with Gasteiger partial charge in [-0.05, 0) is 24.1 Å². The Bertz CT molecular complexity index is 482. The highest BCUT2D eigenvalue weighted by Crippen LogP contribution is 2.19. The van der Waals surface area contributed by atoms with Crippen molar-refractivity contribution in [2.24, 2.45) is 5.73 Å². The van der Waals surface area contributed by atoms with Crippen molar-refractivity contribution in [2.75, 3.05) is 0 Å². The molecule has 0 aliphatic carbocycles. The maximum atomic E-state index is 5.59. The molecule has 0 unspecified atom stereocenters. The van der Waals surface area contributed by atoms with Crippen LogP contribution in [0.3, 0.4) is 0 Å². The van der Waals surface area contributed by atoms with Crippen molar-refractivity contribution in [3.63, 3.8) is 0 Å². The normalized spacial score (nSPS) is 10.2. The molecule has 0 amide bonds. The minimum Gasteiger partial charge on any atom is -0.437 e. The van der Waals surface area contributed by atoms with Crippen LogP contribution in [0.4, 0.5) is 0 Å². The van der Waals surface area contributed by atoms with Crippen LogP contribution in [0.2, 0.25) is 0 Å². The van der Waals surface area contributed by atoms with E-state index in [1.165, 1.54) is 5.56 Å². The molecule has 1 aromatic heterocycles. The van der Waals surface area contributed by atoms with Gasteiger partial charge in [-0.1, -0.05) is 19.1 Å². The summed E-state index contributed by atoms with van der Waals surface area (Å²) in [7, 11) is 0. The number of hydrogen-bond donors (Lipinski definition) is 1. The van der Waals surface area contributed by atoms with Crippen molar-refractivity contribution >= 4 is 0 Å². The van der Waals surface area contributed by atoms with E-state index < -0.39 is 0 Å². The molecular weight excluding hydrogens is 214 g/mol. The quantitative estimate of drug-likeness (QED) is 0.873. The zero-order chi connectivity index (χ0) is 12.1. The van der Waals surface area contributed by atoms with E-state index in [9.17, 15) is 0 Å². The third-order valence-electron chi connectivity index (χ3n) is 2.43. The number of aromatic nitrogens is 2. The van der Waals surface area contributed by atoms with Crippen LogP contribution in [0.15, 0.2) is 36.7 Å². The van der Waals surface area contributed by atoms with E-state index in [2.05, 4.69) is 16.9 Å². The molecule has 1 aromatic carbocycles. The molecule has 0 atom stereocenters. The second-order valence-electron chi connectivity index (χ2n) is 3.65. The van der Waals surface area contributed by atoms with Crippen LogP contribution in [0, 0.1) is 0 Å². The standard InChI is InChI=1S/C13H15N3O/c1-2-10-3-5-12(6-4-10)17-13-9-15-8-11(7-14)16-13/h3-6,8-9H,2,7,14H2,1H3. The van der Waals surface area contributed by atoms with Gasteiger partial charge >= 0.3 is 0 Å². The Labute approximate surface area is 100 Å². The van der Waals surface area contributed by atoms with E-state index >= 15 is 0 Å². The first-order valence-corrected chi connectivity index (χ1v) is 5.59. The minimum atomic E-state index is 0.360. The molecule has 2 rings (SSSR count). The first-order valence-electron chi connectivity index (χ1n) is 5.59. The summed E-state index contributed by atoms with van der Waals surface area (Å²) in [5, 5.41) is 0. The highest BCUT2D eigenvalue weighted by atomic mass is 16.5. The van der Waals surface area contributed by atoms with Crippen LogP contribution in [0.5, 0.6) is 11.6 Å². The van der Waals surface area contributed by atoms with Crippen molar-refractivity contribution in [3.05, 3.63) is 47.9 Å². The molecule has 0 saturated carbocycles. The topological polar surface area (TPSA) is 61.0 Å². The van der Waals surface area contributed by atoms with Gasteiger partial charge in [-0.3, -0.25) is 4.98 Å². The SMILES string of the molecule is CCc1ccc(Oc2cncc(CN)n2)cc1. The maximum absolute atomic E-state index is 5.59. The summed E-state index contributed by atoms with van der Waals surface area (Å²) >= 11 is 0. The Balaban J connectivity index is 2.13. The van der Waals surface area contributed by atoms with Crippen LogP contribution in [-0.4, -0.2) is 9.97 Å². The fourth-order valence-electron chi connectivity index (χ4n) is 1.45. The molecule has 17 heavy (non-hydrogen) atoms. The summed E-state index contributed by atoms with van der Waals surface area (Å²) in [6.07, 6.45) is 4.22. The van der Waals surface area contributed by atoms with Gasteiger partial charge in [0, 0.05) is 12.7 Å². The lowest BCUT2D eigenvalue weighted by molar-refractivity contribution is 0.457. The van der Waals surface area contributed by atoms with Gasteiger partial charge in [0.15, 0.2) is 0 Å². The number of aryl methyl sites for hydroxylation is 1. The van der Waals surface area contributed by atoms with E-state index in [-0.39, 0.29) is 0 Å². The third kappa shape index (κ3) is 3.01. The molecular formula is C13H15N3O. The Morgan fingerprint density at radius 2 is 1.94 bits per heavy atom. The Morgan fingerprint density at radius 1 is 1.18 bits per heavy atom. The van der Waals surface area contributed by atoms with Crippen LogP contribution >= 0.6 is 0 Å². The predicted molar refractivity (Wildman–Crippen MR) is 65.8 cm³/mol. The average Bonchev–Trinajstić information content (AvgIpc) is 2.40. The summed E-state index contributed by atoms with van der Waals surface area (Å²) in [6, 6.07) is 7.93. The maximum Gasteiger partial charge on any atom is 0.238 e. The summed E-state index contributed by atoms with van der Waals surface area (Å²) < 4.78 is 5.59. The van der Waals surface area contributed by atoms with E-state index in [1.807, 2.05) is 24.3 Å². The summed E-state index contributed by atoms with van der Waals surface area (Å²) in [4.78, 5) is 8.24. The molecule has 0 fully saturated rings. The first-order chi connectivity index (χ1) is 8.31. The molecule has 0 aliphatic heterocycles. The largest absolute Gasteiger partial charge is 0.437 e. The molecule has 4 nitrogen and oxygen atoms in total. The smallest absolute Gasteiger partial charge is 0.238 e. The summed E-state index contributed by atoms with van der Waals surface area (Å²) in [5.74, 6) is 1.22. The molecule has 0 aliphatic rings. The molecule has 0 bridgehead atoms. The number of nitrogens with two attached hydrogens (primary N) is 1. The van der Waals surface area contributed by atoms with Gasteiger partial charge in [-0.15, -0.1) is 0 Å². The number of rotatable bonds is 4. The van der Waals surface area contributed by atoms with E-state index in [1.54, 1.807) is 12.4 Å². The molecule has 2 N–H and O–H groups in total. The van der Waals surface area contributed by atoms with E-state index in [0.717, 1.165) is 12.2 Å². The minimum absolute atomic E-state index is 0.360. The molecule has 1 heterocycles. The second-order valence-corrected chi connectivity index (χ2v) is 3.65. The lowest BCUT2D eigenvalue weighted by Gasteiger charge is -2.05. The number of nitrogens with zero attached hydrogens (tertiary/aromatic N) is 2.